The average Bonchev–Trinajstić information content (AvgIpc) is 3.47. The molecule has 2 heterocycles. The number of aliphatic hydroxyl groups is 1. The van der Waals surface area contributed by atoms with Crippen molar-refractivity contribution in [2.24, 2.45) is 0 Å². The zero-order valence-corrected chi connectivity index (χ0v) is 21.3. The van der Waals surface area contributed by atoms with Gasteiger partial charge in [0.05, 0.1) is 26.4 Å². The second-order valence-corrected chi connectivity index (χ2v) is 9.98. The first kappa shape index (κ1) is 26.8. The SMILES string of the molecule is COc1ccc(CC(NC(=O)C2(CO)CCCN2)C(=O)NC(Cc2ccccc2)C(=O)C2(C)CO2)cc1. The van der Waals surface area contributed by atoms with E-state index in [2.05, 4.69) is 16.0 Å². The monoisotopic (exact) mass is 509 g/mol. The topological polar surface area (TPSA) is 129 Å². The van der Waals surface area contributed by atoms with Gasteiger partial charge >= 0.3 is 0 Å². The number of ether oxygens (including phenoxy) is 2. The molecule has 2 amide bonds. The van der Waals surface area contributed by atoms with Crippen LogP contribution in [-0.2, 0) is 32.0 Å². The lowest BCUT2D eigenvalue weighted by molar-refractivity contribution is -0.135. The van der Waals surface area contributed by atoms with Gasteiger partial charge < -0.3 is 30.5 Å². The number of nitrogens with one attached hydrogen (secondary N) is 3. The fraction of sp³-hybridized carbons (Fsp3) is 0.464. The van der Waals surface area contributed by atoms with E-state index in [1.54, 1.807) is 26.2 Å². The highest BCUT2D eigenvalue weighted by Crippen LogP contribution is 2.29. The zero-order chi connectivity index (χ0) is 26.5. The summed E-state index contributed by atoms with van der Waals surface area (Å²) in [5.41, 5.74) is -0.346. The Balaban J connectivity index is 1.56. The van der Waals surface area contributed by atoms with Gasteiger partial charge in [-0.25, -0.2) is 0 Å². The van der Waals surface area contributed by atoms with Crippen LogP contribution in [0.2, 0.25) is 0 Å². The maximum Gasteiger partial charge on any atom is 0.243 e. The molecule has 2 saturated heterocycles. The highest BCUT2D eigenvalue weighted by atomic mass is 16.6. The van der Waals surface area contributed by atoms with Crippen molar-refractivity contribution in [3.63, 3.8) is 0 Å². The lowest BCUT2D eigenvalue weighted by atomic mass is 9.93. The molecule has 0 aliphatic carbocycles. The highest BCUT2D eigenvalue weighted by molar-refractivity contribution is 5.98. The van der Waals surface area contributed by atoms with E-state index >= 15 is 0 Å². The average molecular weight is 510 g/mol. The third-order valence-electron chi connectivity index (χ3n) is 7.18. The fourth-order valence-corrected chi connectivity index (χ4v) is 4.66. The van der Waals surface area contributed by atoms with Crippen molar-refractivity contribution in [3.8, 4) is 5.75 Å². The first-order chi connectivity index (χ1) is 17.8. The first-order valence-electron chi connectivity index (χ1n) is 12.6. The summed E-state index contributed by atoms with van der Waals surface area (Å²) < 4.78 is 10.6. The van der Waals surface area contributed by atoms with Crippen molar-refractivity contribution >= 4 is 17.6 Å². The molecule has 4 atom stereocenters. The van der Waals surface area contributed by atoms with Crippen molar-refractivity contribution in [2.75, 3.05) is 26.9 Å². The number of carbonyl (C=O) groups is 3. The summed E-state index contributed by atoms with van der Waals surface area (Å²) in [7, 11) is 1.57. The van der Waals surface area contributed by atoms with E-state index in [-0.39, 0.29) is 18.8 Å². The van der Waals surface area contributed by atoms with Crippen LogP contribution in [0.3, 0.4) is 0 Å². The number of methoxy groups -OCH3 is 1. The van der Waals surface area contributed by atoms with Gasteiger partial charge in [0, 0.05) is 6.42 Å². The molecule has 0 aromatic heterocycles. The molecule has 198 valence electrons. The van der Waals surface area contributed by atoms with Gasteiger partial charge in [-0.05, 0) is 56.0 Å². The van der Waals surface area contributed by atoms with E-state index in [0.717, 1.165) is 17.5 Å². The van der Waals surface area contributed by atoms with Crippen molar-refractivity contribution in [2.45, 2.75) is 55.8 Å². The molecular formula is C28H35N3O6. The fourth-order valence-electron chi connectivity index (χ4n) is 4.66. The number of Topliss-reactive ketones (excluding diaryl/α,β-unsaturated/α-hetero) is 1. The molecule has 0 spiro atoms. The first-order valence-corrected chi connectivity index (χ1v) is 12.6. The normalized spacial score (nSPS) is 24.1. The molecule has 0 radical (unpaired) electrons. The molecule has 4 unspecified atom stereocenters. The Morgan fingerprint density at radius 3 is 2.24 bits per heavy atom. The summed E-state index contributed by atoms with van der Waals surface area (Å²) in [4.78, 5) is 40.2. The number of aliphatic hydroxyl groups excluding tert-OH is 1. The van der Waals surface area contributed by atoms with Gasteiger partial charge in [-0.3, -0.25) is 14.4 Å². The lowest BCUT2D eigenvalue weighted by Crippen LogP contribution is -2.61. The third kappa shape index (κ3) is 6.36. The van der Waals surface area contributed by atoms with E-state index in [9.17, 15) is 19.5 Å². The van der Waals surface area contributed by atoms with Gasteiger partial charge in [0.2, 0.25) is 11.8 Å². The summed E-state index contributed by atoms with van der Waals surface area (Å²) >= 11 is 0. The van der Waals surface area contributed by atoms with Gasteiger partial charge in [-0.1, -0.05) is 42.5 Å². The highest BCUT2D eigenvalue weighted by Gasteiger charge is 2.50. The number of amides is 2. The van der Waals surface area contributed by atoms with Crippen LogP contribution in [0.25, 0.3) is 0 Å². The minimum absolute atomic E-state index is 0.198. The van der Waals surface area contributed by atoms with Crippen LogP contribution >= 0.6 is 0 Å². The standard InChI is InChI=1S/C28H35N3O6/c1-27(18-37-27)24(33)22(15-19-7-4-3-5-8-19)30-25(34)23(16-20-9-11-21(36-2)12-10-20)31-26(35)28(17-32)13-6-14-29-28/h3-5,7-12,22-23,29,32H,6,13-18H2,1-2H3,(H,30,34)(H,31,35). The number of benzene rings is 2. The smallest absolute Gasteiger partial charge is 0.243 e. The Morgan fingerprint density at radius 1 is 1.03 bits per heavy atom. The van der Waals surface area contributed by atoms with Crippen LogP contribution in [0, 0.1) is 0 Å². The summed E-state index contributed by atoms with van der Waals surface area (Å²) in [6.07, 6.45) is 1.71. The van der Waals surface area contributed by atoms with Crippen LogP contribution in [0.4, 0.5) is 0 Å². The molecule has 9 nitrogen and oxygen atoms in total. The van der Waals surface area contributed by atoms with Crippen LogP contribution in [-0.4, -0.2) is 72.8 Å². The van der Waals surface area contributed by atoms with Gasteiger partial charge in [-0.15, -0.1) is 0 Å². The third-order valence-corrected chi connectivity index (χ3v) is 7.18. The second kappa shape index (κ2) is 11.4. The van der Waals surface area contributed by atoms with Crippen molar-refractivity contribution in [1.29, 1.82) is 0 Å². The molecular weight excluding hydrogens is 474 g/mol. The van der Waals surface area contributed by atoms with Crippen molar-refractivity contribution in [1.82, 2.24) is 16.0 Å². The quantitative estimate of drug-likeness (QED) is 0.313. The minimum Gasteiger partial charge on any atom is -0.497 e. The molecule has 2 fully saturated rings. The largest absolute Gasteiger partial charge is 0.497 e. The molecule has 2 aliphatic rings. The van der Waals surface area contributed by atoms with Crippen LogP contribution in [0.1, 0.15) is 30.9 Å². The zero-order valence-electron chi connectivity index (χ0n) is 21.3. The summed E-state index contributed by atoms with van der Waals surface area (Å²) in [5, 5.41) is 18.8. The van der Waals surface area contributed by atoms with E-state index in [1.807, 2.05) is 42.5 Å². The predicted octanol–water partition coefficient (Wildman–Crippen LogP) is 0.923. The van der Waals surface area contributed by atoms with Gasteiger partial charge in [0.25, 0.3) is 0 Å². The van der Waals surface area contributed by atoms with Gasteiger partial charge in [0.1, 0.15) is 22.9 Å². The van der Waals surface area contributed by atoms with Crippen molar-refractivity contribution in [3.05, 3.63) is 65.7 Å². The van der Waals surface area contributed by atoms with Gasteiger partial charge in [0.15, 0.2) is 5.78 Å². The van der Waals surface area contributed by atoms with E-state index in [4.69, 9.17) is 9.47 Å². The van der Waals surface area contributed by atoms with Crippen LogP contribution < -0.4 is 20.7 Å². The number of hydrogen-bond donors (Lipinski definition) is 4. The van der Waals surface area contributed by atoms with Gasteiger partial charge in [-0.2, -0.15) is 0 Å². The molecule has 2 aromatic rings. The Hall–Kier alpha value is -3.27. The Morgan fingerprint density at radius 2 is 1.68 bits per heavy atom. The molecule has 4 rings (SSSR count). The molecule has 9 heteroatoms. The van der Waals surface area contributed by atoms with E-state index < -0.39 is 35.0 Å². The Labute approximate surface area is 216 Å². The molecule has 2 aliphatic heterocycles. The maximum atomic E-state index is 13.6. The molecule has 2 aromatic carbocycles. The summed E-state index contributed by atoms with van der Waals surface area (Å²) in [5.74, 6) is -0.448. The van der Waals surface area contributed by atoms with E-state index in [1.165, 1.54) is 0 Å². The Kier molecular flexibility index (Phi) is 8.26. The molecule has 0 saturated carbocycles. The number of epoxide rings is 1. The molecule has 37 heavy (non-hydrogen) atoms. The second-order valence-electron chi connectivity index (χ2n) is 9.98. The van der Waals surface area contributed by atoms with Crippen LogP contribution in [0.5, 0.6) is 5.75 Å². The lowest BCUT2D eigenvalue weighted by Gasteiger charge is -2.29. The summed E-state index contributed by atoms with van der Waals surface area (Å²) in [6.45, 7) is 2.26. The number of carbonyl (C=O) groups excluding carboxylic acids is 3. The van der Waals surface area contributed by atoms with Crippen molar-refractivity contribution < 1.29 is 29.0 Å². The minimum atomic E-state index is -1.13. The predicted molar refractivity (Wildman–Crippen MR) is 137 cm³/mol. The summed E-state index contributed by atoms with van der Waals surface area (Å²) in [6, 6.07) is 14.9. The number of hydrogen-bond acceptors (Lipinski definition) is 7. The number of rotatable bonds is 12. The number of ketones is 1. The van der Waals surface area contributed by atoms with E-state index in [0.29, 0.717) is 31.7 Å². The molecule has 4 N–H and O–H groups in total. The maximum absolute atomic E-state index is 13.6. The molecule has 0 bridgehead atoms. The Bertz CT molecular complexity index is 1090. The van der Waals surface area contributed by atoms with Crippen LogP contribution in [0.15, 0.2) is 54.6 Å².